The van der Waals surface area contributed by atoms with Crippen molar-refractivity contribution >= 4 is 17.5 Å². The summed E-state index contributed by atoms with van der Waals surface area (Å²) in [4.78, 5) is 12.5. The lowest BCUT2D eigenvalue weighted by atomic mass is 9.86. The van der Waals surface area contributed by atoms with Crippen molar-refractivity contribution in [2.75, 3.05) is 5.75 Å². The number of ketones is 1. The first kappa shape index (κ1) is 17.2. The molecule has 24 heavy (non-hydrogen) atoms. The summed E-state index contributed by atoms with van der Waals surface area (Å²) in [6, 6.07) is 7.99. The maximum atomic E-state index is 12.5. The number of Topliss-reactive ketones (excluding diaryl/α,β-unsaturated/α-hetero) is 1. The molecule has 0 unspecified atom stereocenters. The molecule has 0 atom stereocenters. The van der Waals surface area contributed by atoms with Crippen LogP contribution in [0, 0.1) is 0 Å². The number of thioether (sulfide) groups is 1. The van der Waals surface area contributed by atoms with Crippen LogP contribution in [0.5, 0.6) is 0 Å². The smallest absolute Gasteiger partial charge is 0.191 e. The van der Waals surface area contributed by atoms with E-state index in [0.29, 0.717) is 5.75 Å². The van der Waals surface area contributed by atoms with Gasteiger partial charge < -0.3 is 4.57 Å². The number of benzene rings is 1. The molecule has 128 valence electrons. The molecular formula is C19H25N3OS. The molecule has 2 heterocycles. The van der Waals surface area contributed by atoms with E-state index in [1.54, 1.807) is 0 Å². The van der Waals surface area contributed by atoms with Gasteiger partial charge in [0.2, 0.25) is 0 Å². The molecule has 4 nitrogen and oxygen atoms in total. The highest BCUT2D eigenvalue weighted by Gasteiger charge is 2.17. The van der Waals surface area contributed by atoms with Crippen LogP contribution >= 0.6 is 11.8 Å². The van der Waals surface area contributed by atoms with Crippen molar-refractivity contribution in [2.45, 2.75) is 63.6 Å². The number of carbonyl (C=O) groups is 1. The van der Waals surface area contributed by atoms with E-state index in [2.05, 4.69) is 47.7 Å². The molecule has 0 aliphatic carbocycles. The van der Waals surface area contributed by atoms with E-state index >= 15 is 0 Å². The number of aryl methyl sites for hydroxylation is 1. The number of hydrogen-bond acceptors (Lipinski definition) is 4. The monoisotopic (exact) mass is 343 g/mol. The first-order valence-electron chi connectivity index (χ1n) is 8.64. The fourth-order valence-corrected chi connectivity index (χ4v) is 3.81. The summed E-state index contributed by atoms with van der Waals surface area (Å²) in [6.07, 6.45) is 4.59. The normalized spacial score (nSPS) is 15.0. The topological polar surface area (TPSA) is 47.8 Å². The largest absolute Gasteiger partial charge is 0.306 e. The van der Waals surface area contributed by atoms with Crippen molar-refractivity contribution in [1.82, 2.24) is 14.8 Å². The Bertz CT molecular complexity index is 713. The predicted molar refractivity (Wildman–Crippen MR) is 97.8 cm³/mol. The summed E-state index contributed by atoms with van der Waals surface area (Å²) in [6.45, 7) is 7.50. The molecule has 1 aromatic carbocycles. The number of rotatable bonds is 4. The highest BCUT2D eigenvalue weighted by molar-refractivity contribution is 7.99. The van der Waals surface area contributed by atoms with Crippen LogP contribution in [0.4, 0.5) is 0 Å². The molecule has 1 aliphatic rings. The second kappa shape index (κ2) is 7.09. The van der Waals surface area contributed by atoms with E-state index in [4.69, 9.17) is 0 Å². The van der Waals surface area contributed by atoms with Crippen LogP contribution in [-0.4, -0.2) is 26.3 Å². The SMILES string of the molecule is CC(C)(C)c1ccc(C(=O)CSc2nnc3n2CCCCC3)cc1. The van der Waals surface area contributed by atoms with E-state index in [1.807, 2.05) is 12.1 Å². The van der Waals surface area contributed by atoms with E-state index in [9.17, 15) is 4.79 Å². The Morgan fingerprint density at radius 1 is 1.12 bits per heavy atom. The number of nitrogens with zero attached hydrogens (tertiary/aromatic N) is 3. The van der Waals surface area contributed by atoms with Gasteiger partial charge in [0.25, 0.3) is 0 Å². The molecular weight excluding hydrogens is 318 g/mol. The van der Waals surface area contributed by atoms with Crippen LogP contribution in [0.3, 0.4) is 0 Å². The molecule has 1 aromatic heterocycles. The van der Waals surface area contributed by atoms with Crippen LogP contribution < -0.4 is 0 Å². The van der Waals surface area contributed by atoms with Gasteiger partial charge in [-0.1, -0.05) is 63.2 Å². The maximum absolute atomic E-state index is 12.5. The average molecular weight is 343 g/mol. The number of fused-ring (bicyclic) bond motifs is 1. The molecule has 0 radical (unpaired) electrons. The Hall–Kier alpha value is -1.62. The second-order valence-corrected chi connectivity index (χ2v) is 8.34. The third-order valence-corrected chi connectivity index (χ3v) is 5.45. The zero-order valence-electron chi connectivity index (χ0n) is 14.7. The van der Waals surface area contributed by atoms with Crippen molar-refractivity contribution in [3.8, 4) is 0 Å². The Morgan fingerprint density at radius 2 is 1.88 bits per heavy atom. The highest BCUT2D eigenvalue weighted by Crippen LogP contribution is 2.24. The third-order valence-electron chi connectivity index (χ3n) is 4.48. The average Bonchev–Trinajstić information content (AvgIpc) is 2.78. The van der Waals surface area contributed by atoms with Crippen molar-refractivity contribution in [1.29, 1.82) is 0 Å². The second-order valence-electron chi connectivity index (χ2n) is 7.40. The zero-order chi connectivity index (χ0) is 17.2. The van der Waals surface area contributed by atoms with Crippen molar-refractivity contribution < 1.29 is 4.79 Å². The molecule has 0 spiro atoms. The fraction of sp³-hybridized carbons (Fsp3) is 0.526. The standard InChI is InChI=1S/C19H25N3OS/c1-19(2,3)15-10-8-14(9-11-15)16(23)13-24-18-21-20-17-7-5-4-6-12-22(17)18/h8-11H,4-7,12-13H2,1-3H3. The molecule has 3 rings (SSSR count). The van der Waals surface area contributed by atoms with E-state index in [0.717, 1.165) is 29.5 Å². The number of hydrogen-bond donors (Lipinski definition) is 0. The van der Waals surface area contributed by atoms with Crippen molar-refractivity contribution in [3.63, 3.8) is 0 Å². The molecule has 0 saturated carbocycles. The van der Waals surface area contributed by atoms with E-state index in [-0.39, 0.29) is 11.2 Å². The number of carbonyl (C=O) groups excluding carboxylic acids is 1. The minimum absolute atomic E-state index is 0.107. The van der Waals surface area contributed by atoms with Crippen LogP contribution in [0.1, 0.15) is 61.8 Å². The van der Waals surface area contributed by atoms with Gasteiger partial charge in [-0.25, -0.2) is 0 Å². The summed E-state index contributed by atoms with van der Waals surface area (Å²) in [5.74, 6) is 1.62. The summed E-state index contributed by atoms with van der Waals surface area (Å²) >= 11 is 1.50. The van der Waals surface area contributed by atoms with Gasteiger partial charge in [0, 0.05) is 18.5 Å². The highest BCUT2D eigenvalue weighted by atomic mass is 32.2. The summed E-state index contributed by atoms with van der Waals surface area (Å²) < 4.78 is 2.19. The Labute approximate surface area is 148 Å². The molecule has 0 saturated heterocycles. The van der Waals surface area contributed by atoms with Gasteiger partial charge in [0.05, 0.1) is 5.75 Å². The molecule has 0 N–H and O–H groups in total. The van der Waals surface area contributed by atoms with Crippen LogP contribution in [0.15, 0.2) is 29.4 Å². The lowest BCUT2D eigenvalue weighted by Crippen LogP contribution is -2.11. The maximum Gasteiger partial charge on any atom is 0.191 e. The minimum atomic E-state index is 0.107. The van der Waals surface area contributed by atoms with Crippen LogP contribution in [0.25, 0.3) is 0 Å². The fourth-order valence-electron chi connectivity index (χ4n) is 2.93. The molecule has 2 aromatic rings. The molecule has 0 amide bonds. The van der Waals surface area contributed by atoms with Gasteiger partial charge in [0.15, 0.2) is 10.9 Å². The summed E-state index contributed by atoms with van der Waals surface area (Å²) in [5, 5.41) is 9.44. The predicted octanol–water partition coefficient (Wildman–Crippen LogP) is 4.28. The number of aromatic nitrogens is 3. The first-order chi connectivity index (χ1) is 11.4. The van der Waals surface area contributed by atoms with Crippen molar-refractivity contribution in [2.24, 2.45) is 0 Å². The molecule has 1 aliphatic heterocycles. The minimum Gasteiger partial charge on any atom is -0.306 e. The molecule has 5 heteroatoms. The Balaban J connectivity index is 1.65. The van der Waals surface area contributed by atoms with Gasteiger partial charge in [-0.15, -0.1) is 10.2 Å². The summed E-state index contributed by atoms with van der Waals surface area (Å²) in [7, 11) is 0. The lowest BCUT2D eigenvalue weighted by molar-refractivity contribution is 0.102. The van der Waals surface area contributed by atoms with Gasteiger partial charge in [-0.3, -0.25) is 4.79 Å². The van der Waals surface area contributed by atoms with E-state index in [1.165, 1.54) is 36.6 Å². The molecule has 0 bridgehead atoms. The van der Waals surface area contributed by atoms with Crippen molar-refractivity contribution in [3.05, 3.63) is 41.2 Å². The third kappa shape index (κ3) is 3.89. The lowest BCUT2D eigenvalue weighted by Gasteiger charge is -2.18. The Morgan fingerprint density at radius 3 is 2.58 bits per heavy atom. The van der Waals surface area contributed by atoms with Gasteiger partial charge in [0.1, 0.15) is 5.82 Å². The van der Waals surface area contributed by atoms with Gasteiger partial charge in [-0.05, 0) is 23.8 Å². The quantitative estimate of drug-likeness (QED) is 0.614. The van der Waals surface area contributed by atoms with E-state index < -0.39 is 0 Å². The summed E-state index contributed by atoms with van der Waals surface area (Å²) in [5.41, 5.74) is 2.12. The first-order valence-corrected chi connectivity index (χ1v) is 9.62. The Kier molecular flexibility index (Phi) is 5.09. The van der Waals surface area contributed by atoms with Crippen LogP contribution in [-0.2, 0) is 18.4 Å². The molecule has 0 fully saturated rings. The van der Waals surface area contributed by atoms with Gasteiger partial charge >= 0.3 is 0 Å². The van der Waals surface area contributed by atoms with Gasteiger partial charge in [-0.2, -0.15) is 0 Å². The zero-order valence-corrected chi connectivity index (χ0v) is 15.5. The van der Waals surface area contributed by atoms with Crippen LogP contribution in [0.2, 0.25) is 0 Å².